The van der Waals surface area contributed by atoms with Crippen LogP contribution in [0.2, 0.25) is 0 Å². The molecule has 0 bridgehead atoms. The average Bonchev–Trinajstić information content (AvgIpc) is 2.38. The Hall–Kier alpha value is -1.51. The summed E-state index contributed by atoms with van der Waals surface area (Å²) in [5.41, 5.74) is 2.97. The number of amides is 1. The van der Waals surface area contributed by atoms with Crippen molar-refractivity contribution in [2.75, 3.05) is 18.4 Å². The van der Waals surface area contributed by atoms with Crippen LogP contribution < -0.4 is 10.6 Å². The zero-order chi connectivity index (χ0) is 14.3. The number of nitrogens with one attached hydrogen (secondary N) is 2. The largest absolute Gasteiger partial charge is 0.385 e. The second-order valence-corrected chi connectivity index (χ2v) is 5.16. The van der Waals surface area contributed by atoms with Crippen molar-refractivity contribution in [2.45, 2.75) is 40.5 Å². The number of anilines is 1. The molecule has 1 aromatic carbocycles. The lowest BCUT2D eigenvalue weighted by atomic mass is 10.1. The van der Waals surface area contributed by atoms with Gasteiger partial charge < -0.3 is 10.6 Å². The molecular weight excluding hydrogens is 236 g/mol. The van der Waals surface area contributed by atoms with Gasteiger partial charge in [-0.05, 0) is 49.9 Å². The van der Waals surface area contributed by atoms with Gasteiger partial charge in [0.25, 0.3) is 5.91 Å². The van der Waals surface area contributed by atoms with Crippen molar-refractivity contribution in [1.29, 1.82) is 0 Å². The van der Waals surface area contributed by atoms with E-state index in [-0.39, 0.29) is 5.91 Å². The van der Waals surface area contributed by atoms with Crippen molar-refractivity contribution < 1.29 is 4.79 Å². The summed E-state index contributed by atoms with van der Waals surface area (Å²) in [6.07, 6.45) is 2.46. The van der Waals surface area contributed by atoms with E-state index in [4.69, 9.17) is 0 Å². The van der Waals surface area contributed by atoms with Gasteiger partial charge in [-0.1, -0.05) is 20.3 Å². The van der Waals surface area contributed by atoms with Gasteiger partial charge >= 0.3 is 0 Å². The van der Waals surface area contributed by atoms with E-state index in [1.165, 1.54) is 12.8 Å². The van der Waals surface area contributed by atoms with Gasteiger partial charge in [0.1, 0.15) is 0 Å². The first-order chi connectivity index (χ1) is 9.08. The summed E-state index contributed by atoms with van der Waals surface area (Å²) in [4.78, 5) is 11.7. The predicted octanol–water partition coefficient (Wildman–Crippen LogP) is 3.59. The Balaban J connectivity index is 2.64. The number of benzene rings is 1. The minimum absolute atomic E-state index is 0.00324. The summed E-state index contributed by atoms with van der Waals surface area (Å²) in [5.74, 6) is 0.670. The lowest BCUT2D eigenvalue weighted by Gasteiger charge is -2.15. The van der Waals surface area contributed by atoms with Crippen molar-refractivity contribution in [3.8, 4) is 0 Å². The Morgan fingerprint density at radius 3 is 2.63 bits per heavy atom. The molecule has 2 N–H and O–H groups in total. The number of carbonyl (C=O) groups excluding carboxylic acids is 1. The van der Waals surface area contributed by atoms with Crippen LogP contribution in [0.1, 0.15) is 49.5 Å². The zero-order valence-corrected chi connectivity index (χ0v) is 12.5. The quantitative estimate of drug-likeness (QED) is 0.788. The molecule has 1 unspecified atom stereocenters. The van der Waals surface area contributed by atoms with Gasteiger partial charge in [-0.3, -0.25) is 4.79 Å². The number of carbonyl (C=O) groups is 1. The Labute approximate surface area is 116 Å². The molecule has 19 heavy (non-hydrogen) atoms. The van der Waals surface area contributed by atoms with Gasteiger partial charge in [0.2, 0.25) is 0 Å². The van der Waals surface area contributed by atoms with Gasteiger partial charge in [0, 0.05) is 24.3 Å². The Bertz CT molecular complexity index is 415. The maximum atomic E-state index is 11.7. The number of aryl methyl sites for hydroxylation is 1. The molecule has 1 amide bonds. The number of hydrogen-bond acceptors (Lipinski definition) is 2. The van der Waals surface area contributed by atoms with Crippen LogP contribution >= 0.6 is 0 Å². The molecule has 1 aromatic rings. The van der Waals surface area contributed by atoms with Crippen LogP contribution in [-0.2, 0) is 0 Å². The molecule has 0 spiro atoms. The third-order valence-corrected chi connectivity index (χ3v) is 3.25. The van der Waals surface area contributed by atoms with E-state index in [1.807, 2.05) is 32.0 Å². The molecule has 0 saturated heterocycles. The maximum Gasteiger partial charge on any atom is 0.251 e. The molecule has 3 nitrogen and oxygen atoms in total. The van der Waals surface area contributed by atoms with E-state index < -0.39 is 0 Å². The smallest absolute Gasteiger partial charge is 0.251 e. The van der Waals surface area contributed by atoms with Crippen molar-refractivity contribution in [3.63, 3.8) is 0 Å². The first kappa shape index (κ1) is 15.5. The van der Waals surface area contributed by atoms with Gasteiger partial charge in [-0.25, -0.2) is 0 Å². The lowest BCUT2D eigenvalue weighted by molar-refractivity contribution is 0.0956. The van der Waals surface area contributed by atoms with Crippen LogP contribution in [0.25, 0.3) is 0 Å². The third-order valence-electron chi connectivity index (χ3n) is 3.25. The average molecular weight is 262 g/mol. The minimum atomic E-state index is -0.00324. The molecule has 0 fully saturated rings. The molecule has 0 aliphatic carbocycles. The summed E-state index contributed by atoms with van der Waals surface area (Å²) in [7, 11) is 0. The van der Waals surface area contributed by atoms with Crippen LogP contribution in [0.15, 0.2) is 18.2 Å². The molecule has 0 heterocycles. The van der Waals surface area contributed by atoms with E-state index in [0.717, 1.165) is 23.4 Å². The Kier molecular flexibility index (Phi) is 6.40. The van der Waals surface area contributed by atoms with E-state index >= 15 is 0 Å². The summed E-state index contributed by atoms with van der Waals surface area (Å²) >= 11 is 0. The highest BCUT2D eigenvalue weighted by atomic mass is 16.1. The molecule has 0 aromatic heterocycles. The summed E-state index contributed by atoms with van der Waals surface area (Å²) in [5, 5.41) is 6.28. The Morgan fingerprint density at radius 2 is 2.05 bits per heavy atom. The summed E-state index contributed by atoms with van der Waals surface area (Å²) in [6.45, 7) is 10.1. The number of hydrogen-bond donors (Lipinski definition) is 2. The predicted molar refractivity (Wildman–Crippen MR) is 81.7 cm³/mol. The molecule has 0 radical (unpaired) electrons. The molecule has 0 aliphatic heterocycles. The molecule has 1 atom stereocenters. The van der Waals surface area contributed by atoms with Crippen LogP contribution in [-0.4, -0.2) is 19.0 Å². The SMILES string of the molecule is CCCC(C)CNc1ccc(C(=O)NCC)cc1C. The van der Waals surface area contributed by atoms with Crippen LogP contribution in [0.3, 0.4) is 0 Å². The van der Waals surface area contributed by atoms with Crippen molar-refractivity contribution in [3.05, 3.63) is 29.3 Å². The number of rotatable bonds is 7. The van der Waals surface area contributed by atoms with E-state index in [0.29, 0.717) is 12.5 Å². The van der Waals surface area contributed by atoms with Gasteiger partial charge in [0.05, 0.1) is 0 Å². The normalized spacial score (nSPS) is 12.0. The molecule has 0 saturated carbocycles. The van der Waals surface area contributed by atoms with E-state index in [2.05, 4.69) is 24.5 Å². The molecule has 106 valence electrons. The standard InChI is InChI=1S/C16H26N2O/c1-5-7-12(3)11-18-15-9-8-14(10-13(15)4)16(19)17-6-2/h8-10,12,18H,5-7,11H2,1-4H3,(H,17,19). The highest BCUT2D eigenvalue weighted by Crippen LogP contribution is 2.17. The van der Waals surface area contributed by atoms with Gasteiger partial charge in [-0.15, -0.1) is 0 Å². The minimum Gasteiger partial charge on any atom is -0.385 e. The fraction of sp³-hybridized carbons (Fsp3) is 0.562. The van der Waals surface area contributed by atoms with E-state index in [9.17, 15) is 4.79 Å². The lowest BCUT2D eigenvalue weighted by Crippen LogP contribution is -2.22. The molecule has 0 aliphatic rings. The fourth-order valence-corrected chi connectivity index (χ4v) is 2.14. The van der Waals surface area contributed by atoms with Crippen molar-refractivity contribution in [1.82, 2.24) is 5.32 Å². The summed E-state index contributed by atoms with van der Waals surface area (Å²) in [6, 6.07) is 5.82. The summed E-state index contributed by atoms with van der Waals surface area (Å²) < 4.78 is 0. The molecular formula is C16H26N2O. The second-order valence-electron chi connectivity index (χ2n) is 5.16. The van der Waals surface area contributed by atoms with Crippen LogP contribution in [0, 0.1) is 12.8 Å². The zero-order valence-electron chi connectivity index (χ0n) is 12.5. The molecule has 1 rings (SSSR count). The van der Waals surface area contributed by atoms with Crippen LogP contribution in [0.5, 0.6) is 0 Å². The monoisotopic (exact) mass is 262 g/mol. The van der Waals surface area contributed by atoms with Gasteiger partial charge in [-0.2, -0.15) is 0 Å². The topological polar surface area (TPSA) is 41.1 Å². The highest BCUT2D eigenvalue weighted by Gasteiger charge is 2.07. The maximum absolute atomic E-state index is 11.7. The Morgan fingerprint density at radius 1 is 1.32 bits per heavy atom. The van der Waals surface area contributed by atoms with Crippen molar-refractivity contribution >= 4 is 11.6 Å². The van der Waals surface area contributed by atoms with E-state index in [1.54, 1.807) is 0 Å². The third kappa shape index (κ3) is 4.93. The first-order valence-corrected chi connectivity index (χ1v) is 7.21. The highest BCUT2D eigenvalue weighted by molar-refractivity contribution is 5.94. The first-order valence-electron chi connectivity index (χ1n) is 7.21. The van der Waals surface area contributed by atoms with Gasteiger partial charge in [0.15, 0.2) is 0 Å². The second kappa shape index (κ2) is 7.82. The van der Waals surface area contributed by atoms with Crippen LogP contribution in [0.4, 0.5) is 5.69 Å². The fourth-order valence-electron chi connectivity index (χ4n) is 2.14. The van der Waals surface area contributed by atoms with Crippen molar-refractivity contribution in [2.24, 2.45) is 5.92 Å². The molecule has 3 heteroatoms.